The number of rotatable bonds is 7. The van der Waals surface area contributed by atoms with Gasteiger partial charge in [-0.05, 0) is 63.9 Å². The molecular weight excluding hydrogens is 342 g/mol. The minimum Gasteiger partial charge on any atom is -0.491 e. The molecule has 5 heteroatoms. The molecular formula is C22H27NO4. The minimum absolute atomic E-state index is 0.00935. The van der Waals surface area contributed by atoms with Gasteiger partial charge in [0.15, 0.2) is 5.78 Å². The van der Waals surface area contributed by atoms with Crippen molar-refractivity contribution in [2.75, 3.05) is 6.61 Å². The number of carbonyl (C=O) groups is 2. The lowest BCUT2D eigenvalue weighted by Gasteiger charge is -2.24. The van der Waals surface area contributed by atoms with Crippen LogP contribution in [0.2, 0.25) is 0 Å². The Balaban J connectivity index is 2.02. The van der Waals surface area contributed by atoms with Crippen LogP contribution >= 0.6 is 0 Å². The highest BCUT2D eigenvalue weighted by Crippen LogP contribution is 2.14. The van der Waals surface area contributed by atoms with E-state index in [1.807, 2.05) is 51.1 Å². The smallest absolute Gasteiger partial charge is 0.408 e. The predicted molar refractivity (Wildman–Crippen MR) is 105 cm³/mol. The number of hydrogen-bond acceptors (Lipinski definition) is 4. The van der Waals surface area contributed by atoms with E-state index in [4.69, 9.17) is 9.47 Å². The molecule has 0 aliphatic heterocycles. The average Bonchev–Trinajstić information content (AvgIpc) is 2.59. The van der Waals surface area contributed by atoms with Gasteiger partial charge in [-0.2, -0.15) is 0 Å². The van der Waals surface area contributed by atoms with Crippen LogP contribution in [0, 0.1) is 0 Å². The highest BCUT2D eigenvalue weighted by molar-refractivity contribution is 5.94. The zero-order valence-corrected chi connectivity index (χ0v) is 16.3. The first-order valence-electron chi connectivity index (χ1n) is 9.00. The van der Waals surface area contributed by atoms with Crippen LogP contribution in [0.4, 0.5) is 4.79 Å². The maximum Gasteiger partial charge on any atom is 0.408 e. The molecule has 0 aromatic heterocycles. The summed E-state index contributed by atoms with van der Waals surface area (Å²) in [5.74, 6) is 0.652. The van der Waals surface area contributed by atoms with E-state index in [1.54, 1.807) is 24.3 Å². The van der Waals surface area contributed by atoms with Crippen LogP contribution in [0.25, 0.3) is 0 Å². The summed E-state index contributed by atoms with van der Waals surface area (Å²) >= 11 is 0. The van der Waals surface area contributed by atoms with Gasteiger partial charge in [0.25, 0.3) is 0 Å². The highest BCUT2D eigenvalue weighted by Gasteiger charge is 2.20. The Morgan fingerprint density at radius 1 is 1.00 bits per heavy atom. The molecule has 27 heavy (non-hydrogen) atoms. The van der Waals surface area contributed by atoms with Crippen molar-refractivity contribution in [2.45, 2.75) is 45.8 Å². The summed E-state index contributed by atoms with van der Waals surface area (Å²) < 4.78 is 11.2. The van der Waals surface area contributed by atoms with Crippen LogP contribution in [0.15, 0.2) is 54.6 Å². The zero-order chi connectivity index (χ0) is 19.9. The normalized spacial score (nSPS) is 12.1. The molecule has 0 aliphatic carbocycles. The fraction of sp³-hybridized carbons (Fsp3) is 0.364. The Bertz CT molecular complexity index is 748. The van der Waals surface area contributed by atoms with Gasteiger partial charge in [-0.15, -0.1) is 0 Å². The molecule has 0 unspecified atom stereocenters. The topological polar surface area (TPSA) is 64.6 Å². The van der Waals surface area contributed by atoms with E-state index in [1.165, 1.54) is 6.92 Å². The Morgan fingerprint density at radius 2 is 1.63 bits per heavy atom. The lowest BCUT2D eigenvalue weighted by molar-refractivity contribution is 0.0487. The number of ketones is 1. The van der Waals surface area contributed by atoms with E-state index < -0.39 is 11.7 Å². The van der Waals surface area contributed by atoms with Crippen LogP contribution < -0.4 is 10.1 Å². The molecule has 1 N–H and O–H groups in total. The molecule has 0 saturated carbocycles. The van der Waals surface area contributed by atoms with Crippen LogP contribution in [0.3, 0.4) is 0 Å². The van der Waals surface area contributed by atoms with E-state index in [-0.39, 0.29) is 18.4 Å². The van der Waals surface area contributed by atoms with E-state index >= 15 is 0 Å². The van der Waals surface area contributed by atoms with E-state index in [2.05, 4.69) is 5.32 Å². The van der Waals surface area contributed by atoms with Crippen molar-refractivity contribution < 1.29 is 19.1 Å². The fourth-order valence-corrected chi connectivity index (χ4v) is 2.51. The molecule has 0 bridgehead atoms. The van der Waals surface area contributed by atoms with Gasteiger partial charge in [0, 0.05) is 5.56 Å². The monoisotopic (exact) mass is 369 g/mol. The molecule has 2 rings (SSSR count). The number of amides is 1. The Morgan fingerprint density at radius 3 is 2.19 bits per heavy atom. The van der Waals surface area contributed by atoms with Crippen molar-refractivity contribution >= 4 is 11.9 Å². The van der Waals surface area contributed by atoms with Crippen molar-refractivity contribution in [3.05, 3.63) is 65.7 Å². The molecule has 2 aromatic rings. The van der Waals surface area contributed by atoms with Crippen LogP contribution in [0.1, 0.15) is 43.6 Å². The molecule has 2 aromatic carbocycles. The molecule has 0 aliphatic rings. The SMILES string of the molecule is CC(=O)c1ccc(OC[C@H](Cc2ccccc2)NC(=O)OC(C)(C)C)cc1. The summed E-state index contributed by atoms with van der Waals surface area (Å²) in [5.41, 5.74) is 1.16. The third-order valence-electron chi connectivity index (χ3n) is 3.76. The van der Waals surface area contributed by atoms with Crippen molar-refractivity contribution in [1.82, 2.24) is 5.32 Å². The van der Waals surface area contributed by atoms with E-state index in [0.717, 1.165) is 5.56 Å². The fourth-order valence-electron chi connectivity index (χ4n) is 2.51. The number of benzene rings is 2. The zero-order valence-electron chi connectivity index (χ0n) is 16.3. The van der Waals surface area contributed by atoms with Crippen molar-refractivity contribution in [3.63, 3.8) is 0 Å². The molecule has 1 atom stereocenters. The lowest BCUT2D eigenvalue weighted by Crippen LogP contribution is -2.43. The predicted octanol–water partition coefficient (Wildman–Crippen LogP) is 4.40. The average molecular weight is 369 g/mol. The third kappa shape index (κ3) is 7.52. The van der Waals surface area contributed by atoms with Crippen LogP contribution in [0.5, 0.6) is 5.75 Å². The molecule has 0 fully saturated rings. The quantitative estimate of drug-likeness (QED) is 0.735. The Hall–Kier alpha value is -2.82. The Kier molecular flexibility index (Phi) is 6.99. The molecule has 0 spiro atoms. The maximum atomic E-state index is 12.2. The van der Waals surface area contributed by atoms with Crippen LogP contribution in [-0.4, -0.2) is 30.1 Å². The van der Waals surface area contributed by atoms with Gasteiger partial charge in [-0.25, -0.2) is 4.79 Å². The highest BCUT2D eigenvalue weighted by atomic mass is 16.6. The van der Waals surface area contributed by atoms with Gasteiger partial charge in [0.05, 0.1) is 6.04 Å². The molecule has 0 radical (unpaired) electrons. The number of nitrogens with one attached hydrogen (secondary N) is 1. The largest absolute Gasteiger partial charge is 0.491 e. The van der Waals surface area contributed by atoms with E-state index in [9.17, 15) is 9.59 Å². The standard InChI is InChI=1S/C22H27NO4/c1-16(24)18-10-12-20(13-11-18)26-15-19(14-17-8-6-5-7-9-17)23-21(25)27-22(2,3)4/h5-13,19H,14-15H2,1-4H3,(H,23,25)/t19-/m0/s1. The number of carbonyl (C=O) groups excluding carboxylic acids is 2. The summed E-state index contributed by atoms with van der Waals surface area (Å²) in [4.78, 5) is 23.5. The number of hydrogen-bond donors (Lipinski definition) is 1. The van der Waals surface area contributed by atoms with Gasteiger partial charge in [-0.1, -0.05) is 30.3 Å². The second-order valence-corrected chi connectivity index (χ2v) is 7.42. The summed E-state index contributed by atoms with van der Waals surface area (Å²) in [6, 6.07) is 16.6. The summed E-state index contributed by atoms with van der Waals surface area (Å²) in [6.45, 7) is 7.29. The number of Topliss-reactive ketones (excluding diaryl/α,β-unsaturated/α-hetero) is 1. The summed E-state index contributed by atoms with van der Waals surface area (Å²) in [6.07, 6.45) is 0.143. The summed E-state index contributed by atoms with van der Waals surface area (Å²) in [5, 5.41) is 2.88. The van der Waals surface area contributed by atoms with Gasteiger partial charge >= 0.3 is 6.09 Å². The Labute approximate surface area is 160 Å². The van der Waals surface area contributed by atoms with Crippen molar-refractivity contribution in [2.24, 2.45) is 0 Å². The van der Waals surface area contributed by atoms with Gasteiger partial charge in [-0.3, -0.25) is 4.79 Å². The third-order valence-corrected chi connectivity index (χ3v) is 3.76. The molecule has 0 saturated heterocycles. The molecule has 1 amide bonds. The minimum atomic E-state index is -0.565. The van der Waals surface area contributed by atoms with E-state index in [0.29, 0.717) is 17.7 Å². The van der Waals surface area contributed by atoms with Gasteiger partial charge in [0.1, 0.15) is 18.0 Å². The van der Waals surface area contributed by atoms with Crippen molar-refractivity contribution in [1.29, 1.82) is 0 Å². The lowest BCUT2D eigenvalue weighted by atomic mass is 10.1. The van der Waals surface area contributed by atoms with Gasteiger partial charge in [0.2, 0.25) is 0 Å². The van der Waals surface area contributed by atoms with Crippen molar-refractivity contribution in [3.8, 4) is 5.75 Å². The summed E-state index contributed by atoms with van der Waals surface area (Å²) in [7, 11) is 0. The second-order valence-electron chi connectivity index (χ2n) is 7.42. The van der Waals surface area contributed by atoms with Gasteiger partial charge < -0.3 is 14.8 Å². The molecule has 0 heterocycles. The number of ether oxygens (including phenoxy) is 2. The molecule has 144 valence electrons. The maximum absolute atomic E-state index is 12.2. The first kappa shape index (κ1) is 20.5. The van der Waals surface area contributed by atoms with Crippen LogP contribution in [-0.2, 0) is 11.2 Å². The second kappa shape index (κ2) is 9.21. The first-order chi connectivity index (χ1) is 12.7. The molecule has 5 nitrogen and oxygen atoms in total. The first-order valence-corrected chi connectivity index (χ1v) is 9.00. The number of alkyl carbamates (subject to hydrolysis) is 1.